The van der Waals surface area contributed by atoms with E-state index < -0.39 is 0 Å². The number of pyridine rings is 1. The molecule has 3 heterocycles. The molecule has 0 radical (unpaired) electrons. The lowest BCUT2D eigenvalue weighted by Gasteiger charge is -2.28. The Labute approximate surface area is 128 Å². The fourth-order valence-corrected chi connectivity index (χ4v) is 2.48. The first-order valence-electron chi connectivity index (χ1n) is 7.16. The van der Waals surface area contributed by atoms with Gasteiger partial charge in [-0.05, 0) is 31.0 Å². The van der Waals surface area contributed by atoms with Crippen molar-refractivity contribution in [2.75, 3.05) is 11.9 Å². The summed E-state index contributed by atoms with van der Waals surface area (Å²) in [7, 11) is 0. The van der Waals surface area contributed by atoms with Crippen LogP contribution < -0.4 is 5.32 Å². The number of fused-ring (bicyclic) bond motifs is 1. The van der Waals surface area contributed by atoms with E-state index in [9.17, 15) is 4.79 Å². The zero-order valence-electron chi connectivity index (χ0n) is 12.5. The molecule has 3 rings (SSSR count). The molecule has 1 aliphatic heterocycles. The Morgan fingerprint density at radius 2 is 2.18 bits per heavy atom. The molecule has 1 aliphatic rings. The molecule has 0 fully saturated rings. The van der Waals surface area contributed by atoms with Crippen LogP contribution in [0, 0.1) is 0 Å². The molecule has 0 saturated carbocycles. The summed E-state index contributed by atoms with van der Waals surface area (Å²) in [5.74, 6) is 0.265. The normalized spacial score (nSPS) is 16.9. The van der Waals surface area contributed by atoms with Gasteiger partial charge in [0.15, 0.2) is 0 Å². The molecule has 0 bridgehead atoms. The van der Waals surface area contributed by atoms with Crippen LogP contribution in [0.5, 0.6) is 0 Å². The summed E-state index contributed by atoms with van der Waals surface area (Å²) in [5.41, 5.74) is 2.17. The molecular weight excluding hydrogens is 282 g/mol. The van der Waals surface area contributed by atoms with E-state index in [2.05, 4.69) is 20.4 Å². The van der Waals surface area contributed by atoms with Crippen molar-refractivity contribution in [3.8, 4) is 0 Å². The molecule has 2 aromatic rings. The quantitative estimate of drug-likeness (QED) is 0.869. The van der Waals surface area contributed by atoms with E-state index in [0.29, 0.717) is 18.1 Å². The van der Waals surface area contributed by atoms with Crippen LogP contribution >= 0.6 is 0 Å². The first kappa shape index (κ1) is 14.2. The third-order valence-electron chi connectivity index (χ3n) is 3.47. The van der Waals surface area contributed by atoms with Crippen LogP contribution in [0.3, 0.4) is 0 Å². The monoisotopic (exact) mass is 299 g/mol. The van der Waals surface area contributed by atoms with Crippen LogP contribution in [0.4, 0.5) is 5.95 Å². The SMILES string of the molecule is CCCOC(=O)C1=C(C)Nc2ncnn2C1c1ccncc1. The highest BCUT2D eigenvalue weighted by Gasteiger charge is 2.34. The van der Waals surface area contributed by atoms with Gasteiger partial charge < -0.3 is 10.1 Å². The van der Waals surface area contributed by atoms with Gasteiger partial charge in [-0.3, -0.25) is 4.98 Å². The molecule has 22 heavy (non-hydrogen) atoms. The van der Waals surface area contributed by atoms with Crippen LogP contribution in [0.15, 0.2) is 42.1 Å². The molecule has 2 aromatic heterocycles. The Bertz CT molecular complexity index is 708. The number of nitrogens with zero attached hydrogens (tertiary/aromatic N) is 4. The third kappa shape index (κ3) is 2.45. The third-order valence-corrected chi connectivity index (χ3v) is 3.47. The number of carbonyl (C=O) groups is 1. The van der Waals surface area contributed by atoms with Crippen LogP contribution in [-0.4, -0.2) is 32.3 Å². The standard InChI is InChI=1S/C15H17N5O2/c1-3-8-22-14(21)12-10(2)19-15-17-9-18-20(15)13(12)11-4-6-16-7-5-11/h4-7,9,13H,3,8H2,1-2H3,(H,17,18,19). The minimum absolute atomic E-state index is 0.338. The number of carbonyl (C=O) groups excluding carboxylic acids is 1. The summed E-state index contributed by atoms with van der Waals surface area (Å²) in [4.78, 5) is 20.7. The van der Waals surface area contributed by atoms with Gasteiger partial charge in [-0.15, -0.1) is 0 Å². The minimum atomic E-state index is -0.369. The van der Waals surface area contributed by atoms with E-state index in [1.165, 1.54) is 6.33 Å². The summed E-state index contributed by atoms with van der Waals surface area (Å²) in [5, 5.41) is 7.34. The van der Waals surface area contributed by atoms with Gasteiger partial charge in [-0.2, -0.15) is 10.1 Å². The highest BCUT2D eigenvalue weighted by Crippen LogP contribution is 2.34. The summed E-state index contributed by atoms with van der Waals surface area (Å²) >= 11 is 0. The average Bonchev–Trinajstić information content (AvgIpc) is 2.99. The number of nitrogens with one attached hydrogen (secondary N) is 1. The van der Waals surface area contributed by atoms with Gasteiger partial charge in [0.25, 0.3) is 0 Å². The lowest BCUT2D eigenvalue weighted by Crippen LogP contribution is -2.29. The number of rotatable bonds is 4. The molecule has 0 aliphatic carbocycles. The summed E-state index contributed by atoms with van der Waals surface area (Å²) < 4.78 is 7.02. The van der Waals surface area contributed by atoms with Crippen molar-refractivity contribution >= 4 is 11.9 Å². The number of anilines is 1. The Morgan fingerprint density at radius 1 is 1.41 bits per heavy atom. The Balaban J connectivity index is 2.06. The van der Waals surface area contributed by atoms with Gasteiger partial charge in [0.2, 0.25) is 5.95 Å². The highest BCUT2D eigenvalue weighted by molar-refractivity contribution is 5.92. The number of allylic oxidation sites excluding steroid dienone is 1. The van der Waals surface area contributed by atoms with Crippen LogP contribution in [-0.2, 0) is 9.53 Å². The van der Waals surface area contributed by atoms with Crippen molar-refractivity contribution in [2.24, 2.45) is 0 Å². The molecular formula is C15H17N5O2. The first-order valence-corrected chi connectivity index (χ1v) is 7.16. The maximum Gasteiger partial charge on any atom is 0.338 e. The Kier molecular flexibility index (Phi) is 3.86. The van der Waals surface area contributed by atoms with E-state index in [1.807, 2.05) is 26.0 Å². The number of hydrogen-bond acceptors (Lipinski definition) is 6. The number of ether oxygens (including phenoxy) is 1. The smallest absolute Gasteiger partial charge is 0.338 e. The fourth-order valence-electron chi connectivity index (χ4n) is 2.48. The van der Waals surface area contributed by atoms with Gasteiger partial charge >= 0.3 is 5.97 Å². The molecule has 1 unspecified atom stereocenters. The van der Waals surface area contributed by atoms with Crippen molar-refractivity contribution in [1.29, 1.82) is 0 Å². The maximum absolute atomic E-state index is 12.5. The lowest BCUT2D eigenvalue weighted by atomic mass is 9.97. The van der Waals surface area contributed by atoms with Crippen molar-refractivity contribution in [1.82, 2.24) is 19.7 Å². The van der Waals surface area contributed by atoms with Gasteiger partial charge in [0.1, 0.15) is 12.4 Å². The molecule has 1 N–H and O–H groups in total. The van der Waals surface area contributed by atoms with Crippen LogP contribution in [0.1, 0.15) is 31.9 Å². The van der Waals surface area contributed by atoms with Crippen molar-refractivity contribution in [3.05, 3.63) is 47.7 Å². The predicted octanol–water partition coefficient (Wildman–Crippen LogP) is 1.92. The fraction of sp³-hybridized carbons (Fsp3) is 0.333. The number of aromatic nitrogens is 4. The van der Waals surface area contributed by atoms with Crippen molar-refractivity contribution in [2.45, 2.75) is 26.3 Å². The van der Waals surface area contributed by atoms with Gasteiger partial charge in [0, 0.05) is 18.1 Å². The van der Waals surface area contributed by atoms with Gasteiger partial charge in [-0.1, -0.05) is 6.92 Å². The van der Waals surface area contributed by atoms with Crippen molar-refractivity contribution < 1.29 is 9.53 Å². The minimum Gasteiger partial charge on any atom is -0.462 e. The molecule has 7 nitrogen and oxygen atoms in total. The molecule has 0 amide bonds. The van der Waals surface area contributed by atoms with Crippen molar-refractivity contribution in [3.63, 3.8) is 0 Å². The second-order valence-corrected chi connectivity index (χ2v) is 5.01. The summed E-state index contributed by atoms with van der Waals surface area (Å²) in [6, 6.07) is 3.36. The average molecular weight is 299 g/mol. The van der Waals surface area contributed by atoms with E-state index in [0.717, 1.165) is 17.7 Å². The van der Waals surface area contributed by atoms with Crippen LogP contribution in [0.25, 0.3) is 0 Å². The number of hydrogen-bond donors (Lipinski definition) is 1. The van der Waals surface area contributed by atoms with E-state index in [4.69, 9.17) is 4.74 Å². The Hall–Kier alpha value is -2.70. The molecule has 114 valence electrons. The zero-order chi connectivity index (χ0) is 15.5. The van der Waals surface area contributed by atoms with Gasteiger partial charge in [-0.25, -0.2) is 9.48 Å². The van der Waals surface area contributed by atoms with E-state index in [1.54, 1.807) is 17.1 Å². The van der Waals surface area contributed by atoms with E-state index in [-0.39, 0.29) is 12.0 Å². The zero-order valence-corrected chi connectivity index (χ0v) is 12.5. The number of esters is 1. The predicted molar refractivity (Wildman–Crippen MR) is 80.0 cm³/mol. The molecule has 0 aromatic carbocycles. The van der Waals surface area contributed by atoms with Crippen LogP contribution in [0.2, 0.25) is 0 Å². The summed E-state index contributed by atoms with van der Waals surface area (Å²) in [6.45, 7) is 4.20. The Morgan fingerprint density at radius 3 is 2.91 bits per heavy atom. The largest absolute Gasteiger partial charge is 0.462 e. The maximum atomic E-state index is 12.5. The van der Waals surface area contributed by atoms with Gasteiger partial charge in [0.05, 0.1) is 12.2 Å². The summed E-state index contributed by atoms with van der Waals surface area (Å²) in [6.07, 6.45) is 5.63. The molecule has 0 spiro atoms. The highest BCUT2D eigenvalue weighted by atomic mass is 16.5. The van der Waals surface area contributed by atoms with E-state index >= 15 is 0 Å². The molecule has 1 atom stereocenters. The molecule has 7 heteroatoms. The first-order chi connectivity index (χ1) is 10.7. The second kappa shape index (κ2) is 5.97. The molecule has 0 saturated heterocycles. The topological polar surface area (TPSA) is 81.9 Å². The second-order valence-electron chi connectivity index (χ2n) is 5.01. The lowest BCUT2D eigenvalue weighted by molar-refractivity contribution is -0.139.